The molecule has 0 aliphatic carbocycles. The van der Waals surface area contributed by atoms with Crippen LogP contribution in [0, 0.1) is 3.57 Å². The lowest BCUT2D eigenvalue weighted by atomic mass is 10.1. The number of hydrogen-bond acceptors (Lipinski definition) is 3. The summed E-state index contributed by atoms with van der Waals surface area (Å²) in [6.45, 7) is 1.80. The van der Waals surface area contributed by atoms with Gasteiger partial charge in [-0.1, -0.05) is 12.1 Å². The molecule has 5 heteroatoms. The summed E-state index contributed by atoms with van der Waals surface area (Å²) in [4.78, 5) is 22.3. The van der Waals surface area contributed by atoms with E-state index in [2.05, 4.69) is 22.6 Å². The van der Waals surface area contributed by atoms with Crippen molar-refractivity contribution in [3.63, 3.8) is 0 Å². The molecule has 0 saturated heterocycles. The van der Waals surface area contributed by atoms with E-state index in [9.17, 15) is 9.59 Å². The predicted octanol–water partition coefficient (Wildman–Crippen LogP) is 3.77. The van der Waals surface area contributed by atoms with Gasteiger partial charge in [0, 0.05) is 9.13 Å². The predicted molar refractivity (Wildman–Crippen MR) is 86.9 cm³/mol. The average molecular weight is 396 g/mol. The second kappa shape index (κ2) is 6.71. The van der Waals surface area contributed by atoms with Crippen LogP contribution in [0.5, 0.6) is 5.75 Å². The number of hydrogen-bond donors (Lipinski definition) is 1. The van der Waals surface area contributed by atoms with Crippen molar-refractivity contribution in [2.75, 3.05) is 0 Å². The summed E-state index contributed by atoms with van der Waals surface area (Å²) in [7, 11) is 0. The van der Waals surface area contributed by atoms with Gasteiger partial charge < -0.3 is 9.84 Å². The van der Waals surface area contributed by atoms with Crippen LogP contribution in [0.25, 0.3) is 0 Å². The number of rotatable bonds is 5. The Kier molecular flexibility index (Phi) is 4.95. The van der Waals surface area contributed by atoms with Crippen molar-refractivity contribution in [1.29, 1.82) is 0 Å². The van der Waals surface area contributed by atoms with Gasteiger partial charge in [-0.15, -0.1) is 0 Å². The molecule has 0 bridgehead atoms. The zero-order valence-corrected chi connectivity index (χ0v) is 13.5. The zero-order valence-electron chi connectivity index (χ0n) is 11.3. The number of carboxylic acid groups (broad SMARTS) is 1. The van der Waals surface area contributed by atoms with E-state index in [0.717, 1.165) is 9.13 Å². The van der Waals surface area contributed by atoms with E-state index >= 15 is 0 Å². The van der Waals surface area contributed by atoms with Gasteiger partial charge in [-0.3, -0.25) is 4.79 Å². The van der Waals surface area contributed by atoms with Crippen molar-refractivity contribution < 1.29 is 19.4 Å². The van der Waals surface area contributed by atoms with Crippen molar-refractivity contribution in [3.05, 3.63) is 62.7 Å². The Labute approximate surface area is 135 Å². The summed E-state index contributed by atoms with van der Waals surface area (Å²) in [6, 6.07) is 11.9. The Hall–Kier alpha value is -1.89. The monoisotopic (exact) mass is 396 g/mol. The molecule has 4 nitrogen and oxygen atoms in total. The van der Waals surface area contributed by atoms with Crippen LogP contribution in [-0.4, -0.2) is 16.9 Å². The van der Waals surface area contributed by atoms with Gasteiger partial charge in [0.15, 0.2) is 5.78 Å². The summed E-state index contributed by atoms with van der Waals surface area (Å²) in [5.41, 5.74) is 1.67. The molecule has 0 heterocycles. The number of ketones is 1. The van der Waals surface area contributed by atoms with Crippen molar-refractivity contribution in [2.45, 2.75) is 13.5 Å². The molecule has 0 fully saturated rings. The van der Waals surface area contributed by atoms with Gasteiger partial charge in [0.05, 0.1) is 5.56 Å². The molecule has 0 aliphatic rings. The third-order valence-corrected chi connectivity index (χ3v) is 3.79. The molecule has 0 amide bonds. The highest BCUT2D eigenvalue weighted by Crippen LogP contribution is 2.21. The SMILES string of the molecule is CC(=O)c1ccc(OCc2cccc(C(=O)O)c2)cc1I. The van der Waals surface area contributed by atoms with E-state index in [1.54, 1.807) is 36.4 Å². The van der Waals surface area contributed by atoms with Gasteiger partial charge in [-0.2, -0.15) is 0 Å². The number of aromatic carboxylic acids is 1. The molecule has 1 N–H and O–H groups in total. The van der Waals surface area contributed by atoms with Gasteiger partial charge >= 0.3 is 5.97 Å². The van der Waals surface area contributed by atoms with Gasteiger partial charge in [-0.25, -0.2) is 4.79 Å². The van der Waals surface area contributed by atoms with E-state index < -0.39 is 5.97 Å². The minimum Gasteiger partial charge on any atom is -0.489 e. The van der Waals surface area contributed by atoms with Gasteiger partial charge in [0.2, 0.25) is 0 Å². The Bertz CT molecular complexity index is 694. The first-order chi connectivity index (χ1) is 9.97. The van der Waals surface area contributed by atoms with E-state index in [-0.39, 0.29) is 18.0 Å². The second-order valence-corrected chi connectivity index (χ2v) is 5.65. The standard InChI is InChI=1S/C16H13IO4/c1-10(18)14-6-5-13(8-15(14)17)21-9-11-3-2-4-12(7-11)16(19)20/h2-8H,9H2,1H3,(H,19,20). The topological polar surface area (TPSA) is 63.6 Å². The fourth-order valence-electron chi connectivity index (χ4n) is 1.83. The quantitative estimate of drug-likeness (QED) is 0.618. The Morgan fingerprint density at radius 2 is 1.95 bits per heavy atom. The molecule has 108 valence electrons. The Morgan fingerprint density at radius 3 is 2.57 bits per heavy atom. The first-order valence-electron chi connectivity index (χ1n) is 6.23. The van der Waals surface area contributed by atoms with Crippen LogP contribution < -0.4 is 4.74 Å². The molecule has 0 saturated carbocycles. The molecular weight excluding hydrogens is 383 g/mol. The molecule has 0 spiro atoms. The number of carbonyl (C=O) groups excluding carboxylic acids is 1. The molecule has 0 aromatic heterocycles. The maximum atomic E-state index is 11.4. The summed E-state index contributed by atoms with van der Waals surface area (Å²) < 4.78 is 6.46. The van der Waals surface area contributed by atoms with Crippen molar-refractivity contribution in [2.24, 2.45) is 0 Å². The molecule has 2 rings (SSSR count). The van der Waals surface area contributed by atoms with E-state index in [1.807, 2.05) is 0 Å². The number of carboxylic acids is 1. The average Bonchev–Trinajstić information content (AvgIpc) is 2.45. The summed E-state index contributed by atoms with van der Waals surface area (Å²) >= 11 is 2.09. The van der Waals surface area contributed by atoms with Crippen molar-refractivity contribution in [1.82, 2.24) is 0 Å². The maximum absolute atomic E-state index is 11.4. The van der Waals surface area contributed by atoms with Crippen LogP contribution in [-0.2, 0) is 6.61 Å². The second-order valence-electron chi connectivity index (χ2n) is 4.49. The molecular formula is C16H13IO4. The van der Waals surface area contributed by atoms with E-state index in [0.29, 0.717) is 11.3 Å². The third kappa shape index (κ3) is 4.04. The highest BCUT2D eigenvalue weighted by atomic mass is 127. The number of carbonyl (C=O) groups is 2. The Balaban J connectivity index is 2.10. The summed E-state index contributed by atoms with van der Waals surface area (Å²) in [6.07, 6.45) is 0. The van der Waals surface area contributed by atoms with Crippen LogP contribution in [0.15, 0.2) is 42.5 Å². The highest BCUT2D eigenvalue weighted by Gasteiger charge is 2.07. The minimum absolute atomic E-state index is 0.0140. The van der Waals surface area contributed by atoms with Gasteiger partial charge in [0.1, 0.15) is 12.4 Å². The molecule has 0 radical (unpaired) electrons. The van der Waals surface area contributed by atoms with Crippen LogP contribution in [0.4, 0.5) is 0 Å². The number of benzene rings is 2. The normalized spacial score (nSPS) is 10.2. The molecule has 2 aromatic carbocycles. The number of Topliss-reactive ketones (excluding diaryl/α,β-unsaturated/α-hetero) is 1. The summed E-state index contributed by atoms with van der Waals surface area (Å²) in [5.74, 6) is -0.303. The smallest absolute Gasteiger partial charge is 0.335 e. The van der Waals surface area contributed by atoms with Crippen LogP contribution >= 0.6 is 22.6 Å². The van der Waals surface area contributed by atoms with Crippen LogP contribution in [0.1, 0.15) is 33.2 Å². The Morgan fingerprint density at radius 1 is 1.19 bits per heavy atom. The third-order valence-electron chi connectivity index (χ3n) is 2.90. The van der Waals surface area contributed by atoms with Crippen LogP contribution in [0.3, 0.4) is 0 Å². The lowest BCUT2D eigenvalue weighted by Crippen LogP contribution is -2.01. The minimum atomic E-state index is -0.961. The van der Waals surface area contributed by atoms with Crippen molar-refractivity contribution >= 4 is 34.3 Å². The van der Waals surface area contributed by atoms with Gasteiger partial charge in [0.25, 0.3) is 0 Å². The first-order valence-corrected chi connectivity index (χ1v) is 7.31. The molecule has 21 heavy (non-hydrogen) atoms. The zero-order chi connectivity index (χ0) is 15.4. The van der Waals surface area contributed by atoms with E-state index in [4.69, 9.17) is 9.84 Å². The largest absolute Gasteiger partial charge is 0.489 e. The van der Waals surface area contributed by atoms with Crippen LogP contribution in [0.2, 0.25) is 0 Å². The van der Waals surface area contributed by atoms with Gasteiger partial charge in [-0.05, 0) is 65.4 Å². The highest BCUT2D eigenvalue weighted by molar-refractivity contribution is 14.1. The fourth-order valence-corrected chi connectivity index (χ4v) is 2.70. The maximum Gasteiger partial charge on any atom is 0.335 e. The first kappa shape index (κ1) is 15.5. The summed E-state index contributed by atoms with van der Waals surface area (Å²) in [5, 5.41) is 8.94. The fraction of sp³-hybridized carbons (Fsp3) is 0.125. The molecule has 0 unspecified atom stereocenters. The number of ether oxygens (including phenoxy) is 1. The van der Waals surface area contributed by atoms with E-state index in [1.165, 1.54) is 13.0 Å². The number of halogens is 1. The molecule has 0 aliphatic heterocycles. The lowest BCUT2D eigenvalue weighted by molar-refractivity contribution is 0.0696. The lowest BCUT2D eigenvalue weighted by Gasteiger charge is -2.09. The molecule has 0 atom stereocenters. The van der Waals surface area contributed by atoms with Crippen molar-refractivity contribution in [3.8, 4) is 5.75 Å². The molecule has 2 aromatic rings.